The first kappa shape index (κ1) is 13.3. The Kier molecular flexibility index (Phi) is 3.90. The van der Waals surface area contributed by atoms with Crippen LogP contribution >= 0.6 is 27.5 Å². The number of hydrogen-bond donors (Lipinski definition) is 2. The summed E-state index contributed by atoms with van der Waals surface area (Å²) in [5.41, 5.74) is 7.90. The van der Waals surface area contributed by atoms with Gasteiger partial charge in [0, 0.05) is 26.8 Å². The number of anilines is 1. The Hall–Kier alpha value is -1.10. The summed E-state index contributed by atoms with van der Waals surface area (Å²) in [5, 5.41) is 10.8. The lowest BCUT2D eigenvalue weighted by atomic mass is 10.0. The van der Waals surface area contributed by atoms with Crippen LogP contribution in [0.15, 0.2) is 34.9 Å². The zero-order chi connectivity index (χ0) is 13.3. The summed E-state index contributed by atoms with van der Waals surface area (Å²) in [6, 6.07) is 7.13. The van der Waals surface area contributed by atoms with Crippen LogP contribution in [0.1, 0.15) is 22.8 Å². The molecule has 3 nitrogen and oxygen atoms in total. The van der Waals surface area contributed by atoms with Crippen LogP contribution in [0.3, 0.4) is 0 Å². The van der Waals surface area contributed by atoms with Gasteiger partial charge in [0.2, 0.25) is 0 Å². The Bertz CT molecular complexity index is 589. The molecule has 0 saturated heterocycles. The fourth-order valence-corrected chi connectivity index (χ4v) is 2.49. The standard InChI is InChI=1S/C13H12BrClN2O/c1-7-4-10(13(16)17-6-7)12(18)9-3-2-8(14)5-11(9)15/h2-6,12,18H,1H3,(H2,16,17). The number of pyridine rings is 1. The van der Waals surface area contributed by atoms with Crippen LogP contribution in [0, 0.1) is 6.92 Å². The van der Waals surface area contributed by atoms with Crippen molar-refractivity contribution in [3.8, 4) is 0 Å². The molecule has 0 spiro atoms. The molecule has 3 N–H and O–H groups in total. The molecule has 0 amide bonds. The van der Waals surface area contributed by atoms with Gasteiger partial charge < -0.3 is 10.8 Å². The van der Waals surface area contributed by atoms with E-state index in [1.165, 1.54) is 0 Å². The Labute approximate surface area is 119 Å². The molecule has 0 aliphatic rings. The summed E-state index contributed by atoms with van der Waals surface area (Å²) in [7, 11) is 0. The number of aromatic nitrogens is 1. The Morgan fingerprint density at radius 1 is 1.33 bits per heavy atom. The van der Waals surface area contributed by atoms with Crippen molar-refractivity contribution in [3.63, 3.8) is 0 Å². The lowest BCUT2D eigenvalue weighted by Gasteiger charge is -2.15. The average Bonchev–Trinajstić information content (AvgIpc) is 2.31. The third-order valence-corrected chi connectivity index (χ3v) is 3.46. The third kappa shape index (κ3) is 2.66. The van der Waals surface area contributed by atoms with Gasteiger partial charge in [-0.25, -0.2) is 4.98 Å². The number of benzene rings is 1. The van der Waals surface area contributed by atoms with Crippen molar-refractivity contribution >= 4 is 33.3 Å². The fourth-order valence-electron chi connectivity index (χ4n) is 1.71. The summed E-state index contributed by atoms with van der Waals surface area (Å²) in [5.74, 6) is 0.312. The highest BCUT2D eigenvalue weighted by molar-refractivity contribution is 9.10. The molecular weight excluding hydrogens is 316 g/mol. The van der Waals surface area contributed by atoms with Crippen molar-refractivity contribution in [2.45, 2.75) is 13.0 Å². The van der Waals surface area contributed by atoms with Gasteiger partial charge in [-0.15, -0.1) is 0 Å². The number of halogens is 2. The molecule has 1 heterocycles. The molecule has 2 aromatic rings. The summed E-state index contributed by atoms with van der Waals surface area (Å²) >= 11 is 9.44. The highest BCUT2D eigenvalue weighted by atomic mass is 79.9. The van der Waals surface area contributed by atoms with Crippen LogP contribution in [0.2, 0.25) is 5.02 Å². The van der Waals surface area contributed by atoms with E-state index < -0.39 is 6.10 Å². The molecule has 1 unspecified atom stereocenters. The Balaban J connectivity index is 2.47. The van der Waals surface area contributed by atoms with Crippen LogP contribution in [0.4, 0.5) is 5.82 Å². The molecule has 0 radical (unpaired) electrons. The van der Waals surface area contributed by atoms with E-state index in [1.54, 1.807) is 18.3 Å². The molecule has 0 bridgehead atoms. The number of nitrogen functional groups attached to an aromatic ring is 1. The summed E-state index contributed by atoms with van der Waals surface area (Å²) in [6.07, 6.45) is 0.785. The number of nitrogens with two attached hydrogens (primary N) is 1. The van der Waals surface area contributed by atoms with Crippen LogP contribution in [-0.4, -0.2) is 10.1 Å². The maximum atomic E-state index is 10.3. The van der Waals surface area contributed by atoms with Gasteiger partial charge in [-0.3, -0.25) is 0 Å². The van der Waals surface area contributed by atoms with Crippen molar-refractivity contribution in [3.05, 3.63) is 56.6 Å². The van der Waals surface area contributed by atoms with Crippen LogP contribution < -0.4 is 5.73 Å². The highest BCUT2D eigenvalue weighted by Crippen LogP contribution is 2.32. The first-order valence-corrected chi connectivity index (χ1v) is 6.51. The van der Waals surface area contributed by atoms with E-state index in [9.17, 15) is 5.11 Å². The lowest BCUT2D eigenvalue weighted by Crippen LogP contribution is -2.06. The molecule has 2 rings (SSSR count). The second-order valence-corrected chi connectivity index (χ2v) is 5.38. The Morgan fingerprint density at radius 3 is 2.72 bits per heavy atom. The van der Waals surface area contributed by atoms with E-state index >= 15 is 0 Å². The van der Waals surface area contributed by atoms with Crippen LogP contribution in [0.25, 0.3) is 0 Å². The molecular formula is C13H12BrClN2O. The first-order chi connectivity index (χ1) is 8.49. The molecule has 5 heteroatoms. The molecule has 1 aromatic carbocycles. The van der Waals surface area contributed by atoms with E-state index in [0.29, 0.717) is 22.0 Å². The zero-order valence-corrected chi connectivity index (χ0v) is 12.0. The topological polar surface area (TPSA) is 59.1 Å². The van der Waals surface area contributed by atoms with E-state index in [4.69, 9.17) is 17.3 Å². The second kappa shape index (κ2) is 5.26. The highest BCUT2D eigenvalue weighted by Gasteiger charge is 2.17. The van der Waals surface area contributed by atoms with Gasteiger partial charge in [-0.2, -0.15) is 0 Å². The molecule has 0 aliphatic carbocycles. The summed E-state index contributed by atoms with van der Waals surface area (Å²) in [4.78, 5) is 4.04. The largest absolute Gasteiger partial charge is 0.383 e. The number of rotatable bonds is 2. The normalized spacial score (nSPS) is 12.4. The number of aliphatic hydroxyl groups is 1. The minimum atomic E-state index is -0.877. The molecule has 94 valence electrons. The van der Waals surface area contributed by atoms with Gasteiger partial charge in [0.15, 0.2) is 0 Å². The maximum absolute atomic E-state index is 10.3. The quantitative estimate of drug-likeness (QED) is 0.888. The molecule has 0 saturated carbocycles. The predicted molar refractivity (Wildman–Crippen MR) is 76.6 cm³/mol. The fraction of sp³-hybridized carbons (Fsp3) is 0.154. The summed E-state index contributed by atoms with van der Waals surface area (Å²) < 4.78 is 0.860. The van der Waals surface area contributed by atoms with Gasteiger partial charge >= 0.3 is 0 Å². The Morgan fingerprint density at radius 2 is 2.06 bits per heavy atom. The van der Waals surface area contributed by atoms with Crippen LogP contribution in [-0.2, 0) is 0 Å². The average molecular weight is 328 g/mol. The molecule has 1 aromatic heterocycles. The molecule has 1 atom stereocenters. The van der Waals surface area contributed by atoms with Crippen molar-refractivity contribution in [2.75, 3.05) is 5.73 Å². The van der Waals surface area contributed by atoms with Gasteiger partial charge in [-0.05, 0) is 30.7 Å². The van der Waals surface area contributed by atoms with E-state index in [0.717, 1.165) is 10.0 Å². The number of hydrogen-bond acceptors (Lipinski definition) is 3. The SMILES string of the molecule is Cc1cnc(N)c(C(O)c2ccc(Br)cc2Cl)c1. The van der Waals surface area contributed by atoms with Crippen molar-refractivity contribution in [1.29, 1.82) is 0 Å². The third-order valence-electron chi connectivity index (χ3n) is 2.64. The minimum Gasteiger partial charge on any atom is -0.383 e. The van der Waals surface area contributed by atoms with Gasteiger partial charge in [0.1, 0.15) is 11.9 Å². The zero-order valence-electron chi connectivity index (χ0n) is 9.69. The lowest BCUT2D eigenvalue weighted by molar-refractivity contribution is 0.220. The van der Waals surface area contributed by atoms with Gasteiger partial charge in [0.25, 0.3) is 0 Å². The minimum absolute atomic E-state index is 0.312. The van der Waals surface area contributed by atoms with E-state index in [2.05, 4.69) is 20.9 Å². The second-order valence-electron chi connectivity index (χ2n) is 4.06. The number of aryl methyl sites for hydroxylation is 1. The molecule has 0 aliphatic heterocycles. The van der Waals surface area contributed by atoms with Crippen molar-refractivity contribution in [2.24, 2.45) is 0 Å². The predicted octanol–water partition coefficient (Wildman–Crippen LogP) is 3.47. The van der Waals surface area contributed by atoms with Crippen LogP contribution in [0.5, 0.6) is 0 Å². The maximum Gasteiger partial charge on any atom is 0.129 e. The molecule has 18 heavy (non-hydrogen) atoms. The van der Waals surface area contributed by atoms with Crippen molar-refractivity contribution in [1.82, 2.24) is 4.98 Å². The van der Waals surface area contributed by atoms with Gasteiger partial charge in [-0.1, -0.05) is 33.6 Å². The number of aliphatic hydroxyl groups excluding tert-OH is 1. The summed E-state index contributed by atoms with van der Waals surface area (Å²) in [6.45, 7) is 1.89. The molecule has 0 fully saturated rings. The number of nitrogens with zero attached hydrogens (tertiary/aromatic N) is 1. The smallest absolute Gasteiger partial charge is 0.129 e. The van der Waals surface area contributed by atoms with Crippen molar-refractivity contribution < 1.29 is 5.11 Å². The monoisotopic (exact) mass is 326 g/mol. The van der Waals surface area contributed by atoms with E-state index in [1.807, 2.05) is 19.1 Å². The first-order valence-electron chi connectivity index (χ1n) is 5.34. The van der Waals surface area contributed by atoms with E-state index in [-0.39, 0.29) is 0 Å². The van der Waals surface area contributed by atoms with Gasteiger partial charge in [0.05, 0.1) is 0 Å².